The average molecular weight is 363 g/mol. The highest BCUT2D eigenvalue weighted by Crippen LogP contribution is 2.34. The Hall–Kier alpha value is -2.37. The van der Waals surface area contributed by atoms with Crippen LogP contribution in [0.5, 0.6) is 5.75 Å². The molecular formula is C17H12Cl2N2O3. The van der Waals surface area contributed by atoms with Crippen LogP contribution in [0.2, 0.25) is 10.0 Å². The van der Waals surface area contributed by atoms with Crippen LogP contribution in [0.15, 0.2) is 42.6 Å². The molecule has 0 amide bonds. The number of ether oxygens (including phenoxy) is 1. The molecule has 24 heavy (non-hydrogen) atoms. The van der Waals surface area contributed by atoms with Gasteiger partial charge in [0, 0.05) is 28.2 Å². The highest BCUT2D eigenvalue weighted by Gasteiger charge is 2.19. The van der Waals surface area contributed by atoms with E-state index in [2.05, 4.69) is 4.98 Å². The number of aromatic nitrogens is 1. The number of rotatable bonds is 4. The Bertz CT molecular complexity index is 945. The van der Waals surface area contributed by atoms with Crippen LogP contribution in [0.25, 0.3) is 10.9 Å². The predicted octanol–water partition coefficient (Wildman–Crippen LogP) is 5.34. The van der Waals surface area contributed by atoms with Crippen molar-refractivity contribution in [3.05, 3.63) is 73.9 Å². The number of para-hydroxylation sites is 1. The lowest BCUT2D eigenvalue weighted by molar-refractivity contribution is -0.384. The van der Waals surface area contributed by atoms with Crippen LogP contribution in [0.3, 0.4) is 0 Å². The maximum absolute atomic E-state index is 11.0. The van der Waals surface area contributed by atoms with Crippen molar-refractivity contribution in [3.8, 4) is 5.75 Å². The first-order valence-electron chi connectivity index (χ1n) is 7.07. The fraction of sp³-hybridized carbons (Fsp3) is 0.118. The molecule has 1 heterocycles. The van der Waals surface area contributed by atoms with E-state index < -0.39 is 4.92 Å². The van der Waals surface area contributed by atoms with Gasteiger partial charge < -0.3 is 4.74 Å². The number of benzene rings is 2. The van der Waals surface area contributed by atoms with Gasteiger partial charge in [0.2, 0.25) is 0 Å². The number of nitro groups is 1. The molecule has 0 N–H and O–H groups in total. The Morgan fingerprint density at radius 3 is 2.79 bits per heavy atom. The standard InChI is InChI=1S/C17H12Cl2N2O3/c1-10-7-11-3-2-4-15(17(11)20-8-10)24-9-12-13(18)5-6-14(16(12)19)21(22)23/h2-8H,9H2,1H3. The molecule has 5 nitrogen and oxygen atoms in total. The normalized spacial score (nSPS) is 10.8. The van der Waals surface area contributed by atoms with Crippen molar-refractivity contribution < 1.29 is 9.66 Å². The second kappa shape index (κ2) is 6.63. The van der Waals surface area contributed by atoms with Crippen LogP contribution in [0.1, 0.15) is 11.1 Å². The zero-order valence-corrected chi connectivity index (χ0v) is 14.1. The second-order valence-electron chi connectivity index (χ2n) is 5.25. The number of aryl methyl sites for hydroxylation is 1. The Balaban J connectivity index is 1.95. The number of nitro benzene ring substituents is 1. The van der Waals surface area contributed by atoms with Crippen LogP contribution in [-0.4, -0.2) is 9.91 Å². The minimum absolute atomic E-state index is 0.00795. The number of nitrogens with zero attached hydrogens (tertiary/aromatic N) is 2. The predicted molar refractivity (Wildman–Crippen MR) is 93.9 cm³/mol. The highest BCUT2D eigenvalue weighted by atomic mass is 35.5. The van der Waals surface area contributed by atoms with Crippen molar-refractivity contribution in [1.82, 2.24) is 4.98 Å². The molecule has 0 unspecified atom stereocenters. The van der Waals surface area contributed by atoms with Crippen LogP contribution in [0.4, 0.5) is 5.69 Å². The molecule has 0 saturated carbocycles. The lowest BCUT2D eigenvalue weighted by Gasteiger charge is -2.11. The van der Waals surface area contributed by atoms with E-state index in [1.54, 1.807) is 12.3 Å². The molecule has 0 saturated heterocycles. The van der Waals surface area contributed by atoms with E-state index in [9.17, 15) is 10.1 Å². The van der Waals surface area contributed by atoms with Crippen LogP contribution in [-0.2, 0) is 6.61 Å². The van der Waals surface area contributed by atoms with Crippen molar-refractivity contribution >= 4 is 39.8 Å². The van der Waals surface area contributed by atoms with Crippen molar-refractivity contribution in [3.63, 3.8) is 0 Å². The largest absolute Gasteiger partial charge is 0.487 e. The minimum atomic E-state index is -0.551. The molecule has 0 aliphatic carbocycles. The summed E-state index contributed by atoms with van der Waals surface area (Å²) in [7, 11) is 0. The van der Waals surface area contributed by atoms with Gasteiger partial charge in [-0.2, -0.15) is 0 Å². The van der Waals surface area contributed by atoms with E-state index in [1.165, 1.54) is 12.1 Å². The topological polar surface area (TPSA) is 65.3 Å². The SMILES string of the molecule is Cc1cnc2c(OCc3c(Cl)ccc([N+](=O)[O-])c3Cl)cccc2c1. The molecule has 0 radical (unpaired) electrons. The molecule has 3 aromatic rings. The quantitative estimate of drug-likeness (QED) is 0.464. The first-order chi connectivity index (χ1) is 11.5. The smallest absolute Gasteiger partial charge is 0.288 e. The van der Waals surface area contributed by atoms with Gasteiger partial charge in [0.15, 0.2) is 0 Å². The lowest BCUT2D eigenvalue weighted by atomic mass is 10.1. The van der Waals surface area contributed by atoms with Crippen LogP contribution >= 0.6 is 23.2 Å². The van der Waals surface area contributed by atoms with Gasteiger partial charge in [-0.15, -0.1) is 0 Å². The molecule has 0 spiro atoms. The number of hydrogen-bond acceptors (Lipinski definition) is 4. The molecule has 0 aliphatic heterocycles. The van der Waals surface area contributed by atoms with Gasteiger partial charge in [0.25, 0.3) is 5.69 Å². The monoisotopic (exact) mass is 362 g/mol. The van der Waals surface area contributed by atoms with Crippen LogP contribution in [0, 0.1) is 17.0 Å². The first-order valence-corrected chi connectivity index (χ1v) is 7.82. The highest BCUT2D eigenvalue weighted by molar-refractivity contribution is 6.37. The van der Waals surface area contributed by atoms with E-state index >= 15 is 0 Å². The number of fused-ring (bicyclic) bond motifs is 1. The van der Waals surface area contributed by atoms with Crippen molar-refractivity contribution in [2.24, 2.45) is 0 Å². The van der Waals surface area contributed by atoms with Crippen molar-refractivity contribution in [2.75, 3.05) is 0 Å². The van der Waals surface area contributed by atoms with Gasteiger partial charge in [0.1, 0.15) is 22.9 Å². The summed E-state index contributed by atoms with van der Waals surface area (Å²) in [6.45, 7) is 1.97. The summed E-state index contributed by atoms with van der Waals surface area (Å²) < 4.78 is 5.79. The average Bonchev–Trinajstić information content (AvgIpc) is 2.54. The Kier molecular flexibility index (Phi) is 4.55. The van der Waals surface area contributed by atoms with Gasteiger partial charge in [-0.05, 0) is 30.7 Å². The van der Waals surface area contributed by atoms with Gasteiger partial charge >= 0.3 is 0 Å². The molecular weight excluding hydrogens is 351 g/mol. The number of halogens is 2. The summed E-state index contributed by atoms with van der Waals surface area (Å²) >= 11 is 12.2. The first kappa shape index (κ1) is 16.5. The second-order valence-corrected chi connectivity index (χ2v) is 6.03. The van der Waals surface area contributed by atoms with E-state index in [-0.39, 0.29) is 17.3 Å². The van der Waals surface area contributed by atoms with E-state index in [0.717, 1.165) is 10.9 Å². The maximum atomic E-state index is 11.0. The summed E-state index contributed by atoms with van der Waals surface area (Å²) in [6, 6.07) is 10.3. The molecule has 2 aromatic carbocycles. The molecule has 3 rings (SSSR count). The number of hydrogen-bond donors (Lipinski definition) is 0. The third-order valence-corrected chi connectivity index (χ3v) is 4.32. The number of pyridine rings is 1. The van der Waals surface area contributed by atoms with Crippen molar-refractivity contribution in [2.45, 2.75) is 13.5 Å². The molecule has 0 fully saturated rings. The third-order valence-electron chi connectivity index (χ3n) is 3.55. The summed E-state index contributed by atoms with van der Waals surface area (Å²) in [4.78, 5) is 14.8. The minimum Gasteiger partial charge on any atom is -0.487 e. The third kappa shape index (κ3) is 3.13. The summed E-state index contributed by atoms with van der Waals surface area (Å²) in [5.41, 5.74) is 1.92. The van der Waals surface area contributed by atoms with E-state index in [4.69, 9.17) is 27.9 Å². The molecule has 0 bridgehead atoms. The lowest BCUT2D eigenvalue weighted by Crippen LogP contribution is -2.01. The molecule has 1 aromatic heterocycles. The van der Waals surface area contributed by atoms with Gasteiger partial charge in [-0.1, -0.05) is 35.3 Å². The van der Waals surface area contributed by atoms with Crippen molar-refractivity contribution in [1.29, 1.82) is 0 Å². The summed E-state index contributed by atoms with van der Waals surface area (Å²) in [5.74, 6) is 0.561. The fourth-order valence-corrected chi connectivity index (χ4v) is 2.92. The summed E-state index contributed by atoms with van der Waals surface area (Å²) in [5, 5.41) is 12.2. The summed E-state index contributed by atoms with van der Waals surface area (Å²) in [6.07, 6.45) is 1.75. The zero-order valence-electron chi connectivity index (χ0n) is 12.6. The van der Waals surface area contributed by atoms with Gasteiger partial charge in [-0.3, -0.25) is 15.1 Å². The molecule has 122 valence electrons. The van der Waals surface area contributed by atoms with E-state index in [0.29, 0.717) is 21.9 Å². The zero-order chi connectivity index (χ0) is 17.3. The molecule has 0 aliphatic rings. The Labute approximate surface area is 147 Å². The fourth-order valence-electron chi connectivity index (χ4n) is 2.37. The molecule has 0 atom stereocenters. The van der Waals surface area contributed by atoms with Gasteiger partial charge in [0.05, 0.1) is 4.92 Å². The maximum Gasteiger partial charge on any atom is 0.288 e. The Morgan fingerprint density at radius 1 is 1.25 bits per heavy atom. The molecule has 7 heteroatoms. The van der Waals surface area contributed by atoms with Crippen LogP contribution < -0.4 is 4.74 Å². The Morgan fingerprint density at radius 2 is 2.04 bits per heavy atom. The van der Waals surface area contributed by atoms with E-state index in [1.807, 2.05) is 25.1 Å². The van der Waals surface area contributed by atoms with Gasteiger partial charge in [-0.25, -0.2) is 0 Å².